The molecule has 0 spiro atoms. The van der Waals surface area contributed by atoms with Gasteiger partial charge in [-0.25, -0.2) is 4.79 Å². The molecule has 3 heterocycles. The quantitative estimate of drug-likeness (QED) is 0.879. The molecule has 23 heavy (non-hydrogen) atoms. The number of rotatable bonds is 4. The highest BCUT2D eigenvalue weighted by Gasteiger charge is 2.41. The number of carboxylic acids is 1. The predicted octanol–water partition coefficient (Wildman–Crippen LogP) is 1.82. The Morgan fingerprint density at radius 2 is 2.13 bits per heavy atom. The second kappa shape index (κ2) is 6.41. The molecule has 1 fully saturated rings. The van der Waals surface area contributed by atoms with Gasteiger partial charge in [-0.15, -0.1) is 0 Å². The van der Waals surface area contributed by atoms with Crippen molar-refractivity contribution in [1.29, 1.82) is 0 Å². The maximum absolute atomic E-state index is 12.3. The number of aromatic nitrogens is 2. The Kier molecular flexibility index (Phi) is 4.33. The number of carbonyl (C=O) groups is 2. The molecule has 120 valence electrons. The zero-order valence-corrected chi connectivity index (χ0v) is 13.0. The van der Waals surface area contributed by atoms with Gasteiger partial charge in [0.2, 0.25) is 0 Å². The van der Waals surface area contributed by atoms with Crippen molar-refractivity contribution in [3.8, 4) is 11.3 Å². The fraction of sp³-hybridized carbons (Fsp3) is 0.333. The van der Waals surface area contributed by atoms with Crippen molar-refractivity contribution in [2.45, 2.75) is 18.4 Å². The summed E-state index contributed by atoms with van der Waals surface area (Å²) in [7, 11) is 0. The van der Waals surface area contributed by atoms with Crippen molar-refractivity contribution in [3.63, 3.8) is 0 Å². The molecule has 3 rings (SSSR count). The monoisotopic (exact) mass is 333 g/mol. The molecule has 0 saturated carbocycles. The summed E-state index contributed by atoms with van der Waals surface area (Å²) in [4.78, 5) is 27.9. The van der Waals surface area contributed by atoms with E-state index in [2.05, 4.69) is 15.5 Å². The lowest BCUT2D eigenvalue weighted by Gasteiger charge is -2.33. The first-order valence-corrected chi connectivity index (χ1v) is 8.27. The molecular formula is C15H15N3O4S. The molecular weight excluding hydrogens is 318 g/mol. The first-order chi connectivity index (χ1) is 11.1. The minimum Gasteiger partial charge on any atom is -0.480 e. The first kappa shape index (κ1) is 15.5. The van der Waals surface area contributed by atoms with E-state index in [0.29, 0.717) is 35.7 Å². The van der Waals surface area contributed by atoms with Gasteiger partial charge in [0.1, 0.15) is 5.54 Å². The molecule has 2 N–H and O–H groups in total. The third-order valence-corrected chi connectivity index (χ3v) is 4.78. The lowest BCUT2D eigenvalue weighted by Crippen LogP contribution is -2.56. The second-order valence-electron chi connectivity index (χ2n) is 5.27. The van der Waals surface area contributed by atoms with E-state index < -0.39 is 17.4 Å². The van der Waals surface area contributed by atoms with Gasteiger partial charge in [0.15, 0.2) is 11.5 Å². The van der Waals surface area contributed by atoms with Crippen LogP contribution in [0.2, 0.25) is 0 Å². The van der Waals surface area contributed by atoms with Gasteiger partial charge in [0.25, 0.3) is 5.91 Å². The summed E-state index contributed by atoms with van der Waals surface area (Å²) >= 11 is 1.68. The summed E-state index contributed by atoms with van der Waals surface area (Å²) in [6, 6.07) is 5.02. The molecule has 1 aliphatic heterocycles. The third-order valence-electron chi connectivity index (χ3n) is 3.80. The van der Waals surface area contributed by atoms with Crippen molar-refractivity contribution in [3.05, 3.63) is 36.3 Å². The molecule has 1 aliphatic rings. The first-order valence-electron chi connectivity index (χ1n) is 7.11. The predicted molar refractivity (Wildman–Crippen MR) is 84.1 cm³/mol. The maximum atomic E-state index is 12.3. The number of nitrogens with zero attached hydrogens (tertiary/aromatic N) is 2. The van der Waals surface area contributed by atoms with Crippen LogP contribution < -0.4 is 5.32 Å². The molecule has 0 unspecified atom stereocenters. The van der Waals surface area contributed by atoms with E-state index in [-0.39, 0.29) is 5.69 Å². The molecule has 1 amide bonds. The zero-order valence-electron chi connectivity index (χ0n) is 12.2. The highest BCUT2D eigenvalue weighted by Crippen LogP contribution is 2.28. The van der Waals surface area contributed by atoms with Crippen molar-refractivity contribution >= 4 is 23.6 Å². The average molecular weight is 333 g/mol. The van der Waals surface area contributed by atoms with Gasteiger partial charge in [-0.1, -0.05) is 5.16 Å². The molecule has 0 radical (unpaired) electrons. The normalized spacial score (nSPS) is 16.7. The minimum absolute atomic E-state index is 0.0581. The Balaban J connectivity index is 1.78. The van der Waals surface area contributed by atoms with E-state index in [4.69, 9.17) is 4.52 Å². The highest BCUT2D eigenvalue weighted by molar-refractivity contribution is 7.99. The minimum atomic E-state index is -1.23. The number of amides is 1. The van der Waals surface area contributed by atoms with Crippen LogP contribution in [0.1, 0.15) is 23.3 Å². The van der Waals surface area contributed by atoms with Crippen LogP contribution in [0.25, 0.3) is 11.3 Å². The van der Waals surface area contributed by atoms with Gasteiger partial charge in [-0.05, 0) is 36.5 Å². The Morgan fingerprint density at radius 1 is 1.35 bits per heavy atom. The van der Waals surface area contributed by atoms with Crippen molar-refractivity contribution < 1.29 is 19.2 Å². The van der Waals surface area contributed by atoms with E-state index >= 15 is 0 Å². The topological polar surface area (TPSA) is 105 Å². The van der Waals surface area contributed by atoms with Crippen LogP contribution in [0.15, 0.2) is 35.1 Å². The van der Waals surface area contributed by atoms with Crippen LogP contribution in [0.3, 0.4) is 0 Å². The number of carboxylic acid groups (broad SMARTS) is 1. The highest BCUT2D eigenvalue weighted by atomic mass is 32.2. The second-order valence-corrected chi connectivity index (χ2v) is 6.50. The summed E-state index contributed by atoms with van der Waals surface area (Å²) < 4.78 is 5.15. The number of nitrogens with one attached hydrogen (secondary N) is 1. The number of aliphatic carboxylic acids is 1. The molecule has 2 aromatic rings. The standard InChI is InChI=1S/C15H15N3O4S/c19-13(17-15(14(20)21)3-6-23-7-4-15)11-8-12(22-18-11)10-2-1-5-16-9-10/h1-2,5,8-9H,3-4,6-7H2,(H,17,19)(H,20,21). The zero-order chi connectivity index (χ0) is 16.3. The number of pyridine rings is 1. The van der Waals surface area contributed by atoms with E-state index in [9.17, 15) is 14.7 Å². The van der Waals surface area contributed by atoms with Crippen LogP contribution in [0.4, 0.5) is 0 Å². The third kappa shape index (κ3) is 3.21. The Hall–Kier alpha value is -2.35. The van der Waals surface area contributed by atoms with Crippen LogP contribution in [-0.2, 0) is 4.79 Å². The van der Waals surface area contributed by atoms with Gasteiger partial charge in [-0.2, -0.15) is 11.8 Å². The summed E-state index contributed by atoms with van der Waals surface area (Å²) in [6.07, 6.45) is 4.02. The Labute approximate surface area is 136 Å². The lowest BCUT2D eigenvalue weighted by molar-refractivity contribution is -0.144. The fourth-order valence-corrected chi connectivity index (χ4v) is 3.61. The maximum Gasteiger partial charge on any atom is 0.329 e. The van der Waals surface area contributed by atoms with Crippen molar-refractivity contribution in [2.75, 3.05) is 11.5 Å². The Bertz CT molecular complexity index is 711. The molecule has 0 bridgehead atoms. The van der Waals surface area contributed by atoms with Gasteiger partial charge < -0.3 is 14.9 Å². The summed E-state index contributed by atoms with van der Waals surface area (Å²) in [5.74, 6) is 0.255. The number of carbonyl (C=O) groups excluding carboxylic acids is 1. The smallest absolute Gasteiger partial charge is 0.329 e. The van der Waals surface area contributed by atoms with Crippen molar-refractivity contribution in [2.24, 2.45) is 0 Å². The fourth-order valence-electron chi connectivity index (χ4n) is 2.42. The van der Waals surface area contributed by atoms with Crippen LogP contribution in [0, 0.1) is 0 Å². The number of thioether (sulfide) groups is 1. The van der Waals surface area contributed by atoms with Gasteiger partial charge in [0.05, 0.1) is 0 Å². The molecule has 0 aliphatic carbocycles. The molecule has 2 aromatic heterocycles. The summed E-state index contributed by atoms with van der Waals surface area (Å²) in [5.41, 5.74) is -0.473. The summed E-state index contributed by atoms with van der Waals surface area (Å²) in [6.45, 7) is 0. The Morgan fingerprint density at radius 3 is 2.78 bits per heavy atom. The molecule has 0 atom stereocenters. The summed E-state index contributed by atoms with van der Waals surface area (Å²) in [5, 5.41) is 15.9. The van der Waals surface area contributed by atoms with Crippen LogP contribution in [-0.4, -0.2) is 44.2 Å². The molecule has 8 heteroatoms. The van der Waals surface area contributed by atoms with E-state index in [1.807, 2.05) is 0 Å². The lowest BCUT2D eigenvalue weighted by atomic mass is 9.92. The average Bonchev–Trinajstić information content (AvgIpc) is 3.06. The van der Waals surface area contributed by atoms with Gasteiger partial charge in [-0.3, -0.25) is 9.78 Å². The largest absolute Gasteiger partial charge is 0.480 e. The molecule has 0 aromatic carbocycles. The number of hydrogen-bond acceptors (Lipinski definition) is 6. The SMILES string of the molecule is O=C(NC1(C(=O)O)CCSCC1)c1cc(-c2cccnc2)on1. The molecule has 1 saturated heterocycles. The van der Waals surface area contributed by atoms with E-state index in [0.717, 1.165) is 0 Å². The van der Waals surface area contributed by atoms with Crippen LogP contribution in [0.5, 0.6) is 0 Å². The number of hydrogen-bond donors (Lipinski definition) is 2. The van der Waals surface area contributed by atoms with Crippen LogP contribution >= 0.6 is 11.8 Å². The van der Waals surface area contributed by atoms with E-state index in [1.165, 1.54) is 6.07 Å². The van der Waals surface area contributed by atoms with Gasteiger partial charge in [0, 0.05) is 24.0 Å². The van der Waals surface area contributed by atoms with Gasteiger partial charge >= 0.3 is 5.97 Å². The van der Waals surface area contributed by atoms with E-state index in [1.54, 1.807) is 36.3 Å². The molecule has 7 nitrogen and oxygen atoms in total. The van der Waals surface area contributed by atoms with Crippen molar-refractivity contribution in [1.82, 2.24) is 15.5 Å².